The van der Waals surface area contributed by atoms with Crippen molar-refractivity contribution < 1.29 is 48.3 Å². The Morgan fingerprint density at radius 1 is 1.35 bits per heavy atom. The van der Waals surface area contributed by atoms with E-state index in [1.54, 1.807) is 0 Å². The number of phosphoric ester groups is 1. The maximum atomic E-state index is 10.9. The molecule has 0 radical (unpaired) electrons. The van der Waals surface area contributed by atoms with Gasteiger partial charge in [0.05, 0.1) is 6.61 Å². The molecule has 0 spiro atoms. The van der Waals surface area contributed by atoms with E-state index in [4.69, 9.17) is 19.6 Å². The van der Waals surface area contributed by atoms with E-state index in [0.717, 1.165) is 0 Å². The molecule has 10 nitrogen and oxygen atoms in total. The molecule has 5 N–H and O–H groups in total. The Hall–Kier alpha value is -0.390. The van der Waals surface area contributed by atoms with Crippen LogP contribution < -0.4 is 4.57 Å². The van der Waals surface area contributed by atoms with Gasteiger partial charge in [-0.25, -0.2) is 9.36 Å². The number of aliphatic hydroxyl groups excluding tert-OH is 2. The van der Waals surface area contributed by atoms with Crippen LogP contribution in [0.3, 0.4) is 0 Å². The van der Waals surface area contributed by atoms with Gasteiger partial charge in [-0.3, -0.25) is 4.52 Å². The molecule has 0 amide bonds. The molecule has 0 saturated carbocycles. The van der Waals surface area contributed by atoms with Crippen molar-refractivity contribution in [1.29, 1.82) is 0 Å². The first-order valence-corrected chi connectivity index (χ1v) is 7.68. The predicted molar refractivity (Wildman–Crippen MR) is 74.7 cm³/mol. The van der Waals surface area contributed by atoms with Crippen molar-refractivity contribution >= 4 is 43.3 Å². The van der Waals surface area contributed by atoms with Gasteiger partial charge in [0.25, 0.3) is 6.23 Å². The van der Waals surface area contributed by atoms with Crippen LogP contribution in [0.25, 0.3) is 0 Å². The summed E-state index contributed by atoms with van der Waals surface area (Å²) in [5, 5.41) is 28.7. The average Bonchev–Trinajstić information content (AvgIpc) is 2.72. The molecule has 12 heteroatoms. The molecule has 124 valence electrons. The number of phosphoric acid groups is 1. The van der Waals surface area contributed by atoms with E-state index in [-0.39, 0.29) is 35.1 Å². The zero-order valence-electron chi connectivity index (χ0n) is 11.1. The quantitative estimate of drug-likeness (QED) is 0.222. The second kappa shape index (κ2) is 8.13. The molecule has 23 heavy (non-hydrogen) atoms. The average molecular weight is 360 g/mol. The Balaban J connectivity index is 0.00000264. The summed E-state index contributed by atoms with van der Waals surface area (Å²) in [7, 11) is -4.73. The number of hydrogen-bond acceptors (Lipinski definition) is 6. The molecule has 2 heterocycles. The van der Waals surface area contributed by atoms with Gasteiger partial charge >= 0.3 is 43.3 Å². The zero-order chi connectivity index (χ0) is 16.5. The van der Waals surface area contributed by atoms with Gasteiger partial charge < -0.3 is 29.8 Å². The topological polar surface area (TPSA) is 158 Å². The van der Waals surface area contributed by atoms with Crippen molar-refractivity contribution in [3.63, 3.8) is 0 Å². The van der Waals surface area contributed by atoms with Crippen LogP contribution >= 0.6 is 7.82 Å². The van der Waals surface area contributed by atoms with E-state index in [1.165, 1.54) is 29.1 Å². The molecule has 4 atom stereocenters. The van der Waals surface area contributed by atoms with Gasteiger partial charge in [-0.1, -0.05) is 0 Å². The summed E-state index contributed by atoms with van der Waals surface area (Å²) < 4.78 is 21.4. The van der Waals surface area contributed by atoms with Crippen LogP contribution in [0.4, 0.5) is 0 Å². The fraction of sp³-hybridized carbons (Fsp3) is 0.455. The minimum absolute atomic E-state index is 0. The first kappa shape index (κ1) is 20.7. The summed E-state index contributed by atoms with van der Waals surface area (Å²) in [6.07, 6.45) is -2.51. The second-order valence-electron chi connectivity index (χ2n) is 4.68. The fourth-order valence-electron chi connectivity index (χ4n) is 2.06. The number of carboxylic acid groups (broad SMARTS) is 1. The number of nitrogens with zero attached hydrogens (tertiary/aromatic N) is 1. The standard InChI is InChI=1S/C11H14NO9P.Na.H/c13-8-7(5-20-22(17,18)19)21-10(9(8)14)12-3-1-2-6(4-12)11(15)16;;/h1-4,7-10,13-14H,5H2,(H2-,15,16,17,18,19);;/p+1/t7-,8-,9-,10-;;/m1../s1. The van der Waals surface area contributed by atoms with E-state index in [9.17, 15) is 19.6 Å². The maximum absolute atomic E-state index is 10.9. The summed E-state index contributed by atoms with van der Waals surface area (Å²) in [6, 6.07) is 2.76. The molecular formula is C11H16NNaO9P+. The number of carboxylic acids is 1. The van der Waals surface area contributed by atoms with Crippen LogP contribution in [0.5, 0.6) is 0 Å². The number of hydrogen-bond donors (Lipinski definition) is 5. The number of aliphatic hydroxyl groups is 2. The van der Waals surface area contributed by atoms with Crippen molar-refractivity contribution in [3.05, 3.63) is 30.1 Å². The molecule has 1 aliphatic rings. The summed E-state index contributed by atoms with van der Waals surface area (Å²) in [5.41, 5.74) is -0.0530. The van der Waals surface area contributed by atoms with Crippen molar-refractivity contribution in [3.8, 4) is 0 Å². The van der Waals surface area contributed by atoms with Crippen molar-refractivity contribution in [2.75, 3.05) is 6.61 Å². The number of aromatic nitrogens is 1. The number of aromatic carboxylic acids is 1. The van der Waals surface area contributed by atoms with E-state index in [2.05, 4.69) is 4.52 Å². The molecule has 1 aliphatic heterocycles. The third-order valence-electron chi connectivity index (χ3n) is 3.11. The van der Waals surface area contributed by atoms with E-state index < -0.39 is 44.9 Å². The molecule has 1 aromatic rings. The molecule has 1 aromatic heterocycles. The van der Waals surface area contributed by atoms with Gasteiger partial charge in [-0.2, -0.15) is 4.57 Å². The molecule has 1 saturated heterocycles. The van der Waals surface area contributed by atoms with Crippen LogP contribution in [0, 0.1) is 0 Å². The SMILES string of the molecule is O=C(O)c1ccc[n+]([C@@H]2O[C@H](COP(=O)(O)O)[C@@H](O)[C@H]2O)c1.[NaH]. The van der Waals surface area contributed by atoms with Crippen LogP contribution in [-0.2, 0) is 13.8 Å². The van der Waals surface area contributed by atoms with Gasteiger partial charge in [0, 0.05) is 6.07 Å². The molecule has 0 bridgehead atoms. The fourth-order valence-corrected chi connectivity index (χ4v) is 2.40. The molecule has 0 aromatic carbocycles. The summed E-state index contributed by atoms with van der Waals surface area (Å²) in [5.74, 6) is -1.18. The van der Waals surface area contributed by atoms with Crippen LogP contribution in [0.1, 0.15) is 16.6 Å². The monoisotopic (exact) mass is 360 g/mol. The molecule has 2 rings (SSSR count). The Bertz CT molecular complexity index is 609. The molecule has 0 aliphatic carbocycles. The zero-order valence-corrected chi connectivity index (χ0v) is 12.0. The van der Waals surface area contributed by atoms with Crippen LogP contribution in [-0.4, -0.2) is 85.6 Å². The number of pyridine rings is 1. The molecule has 0 unspecified atom stereocenters. The first-order valence-electron chi connectivity index (χ1n) is 6.15. The van der Waals surface area contributed by atoms with E-state index in [0.29, 0.717) is 0 Å². The second-order valence-corrected chi connectivity index (χ2v) is 5.92. The van der Waals surface area contributed by atoms with Crippen molar-refractivity contribution in [1.82, 2.24) is 0 Å². The van der Waals surface area contributed by atoms with Gasteiger partial charge in [0.15, 0.2) is 18.5 Å². The minimum atomic E-state index is -4.73. The third kappa shape index (κ3) is 5.30. The van der Waals surface area contributed by atoms with Crippen LogP contribution in [0.15, 0.2) is 24.5 Å². The Labute approximate surface area is 152 Å². The van der Waals surface area contributed by atoms with Gasteiger partial charge in [-0.05, 0) is 6.07 Å². The number of rotatable bonds is 5. The summed E-state index contributed by atoms with van der Waals surface area (Å²) >= 11 is 0. The molecule has 1 fully saturated rings. The van der Waals surface area contributed by atoms with Crippen LogP contribution in [0.2, 0.25) is 0 Å². The summed E-state index contributed by atoms with van der Waals surface area (Å²) in [6.45, 7) is -0.627. The van der Waals surface area contributed by atoms with Gasteiger partial charge in [0.2, 0.25) is 0 Å². The number of carbonyl (C=O) groups is 1. The van der Waals surface area contributed by atoms with E-state index >= 15 is 0 Å². The predicted octanol–water partition coefficient (Wildman–Crippen LogP) is -2.25. The first-order chi connectivity index (χ1) is 10.2. The van der Waals surface area contributed by atoms with Crippen molar-refractivity contribution in [2.24, 2.45) is 0 Å². The van der Waals surface area contributed by atoms with E-state index in [1.807, 2.05) is 0 Å². The van der Waals surface area contributed by atoms with Gasteiger partial charge in [0.1, 0.15) is 17.8 Å². The normalized spacial score (nSPS) is 27.5. The Morgan fingerprint density at radius 2 is 2.00 bits per heavy atom. The summed E-state index contributed by atoms with van der Waals surface area (Å²) in [4.78, 5) is 28.2. The van der Waals surface area contributed by atoms with Gasteiger partial charge in [-0.15, -0.1) is 0 Å². The Morgan fingerprint density at radius 3 is 2.57 bits per heavy atom. The number of ether oxygens (including phenoxy) is 1. The molecular weight excluding hydrogens is 344 g/mol. The third-order valence-corrected chi connectivity index (χ3v) is 3.59. The van der Waals surface area contributed by atoms with Crippen molar-refractivity contribution in [2.45, 2.75) is 24.5 Å². The Kier molecular flexibility index (Phi) is 7.30.